The molecule has 1 heterocycles. The third-order valence-corrected chi connectivity index (χ3v) is 4.49. The molecule has 0 aliphatic heterocycles. The number of carbonyl (C=O) groups is 1. The summed E-state index contributed by atoms with van der Waals surface area (Å²) < 4.78 is 10.5. The predicted octanol–water partition coefficient (Wildman–Crippen LogP) is 3.10. The third-order valence-electron chi connectivity index (χ3n) is 3.66. The SMILES string of the molecule is COc1ccc(CN(C)CCC(=O)Nc2sccc2C#N)cc1OC. The summed E-state index contributed by atoms with van der Waals surface area (Å²) in [6, 6.07) is 9.54. The normalized spacial score (nSPS) is 10.4. The van der Waals surface area contributed by atoms with Crippen molar-refractivity contribution in [3.05, 3.63) is 40.8 Å². The van der Waals surface area contributed by atoms with Crippen molar-refractivity contribution in [3.8, 4) is 17.6 Å². The molecule has 1 aromatic carbocycles. The molecule has 0 saturated carbocycles. The minimum Gasteiger partial charge on any atom is -0.493 e. The number of nitrogens with one attached hydrogen (secondary N) is 1. The van der Waals surface area contributed by atoms with Crippen LogP contribution in [0.3, 0.4) is 0 Å². The van der Waals surface area contributed by atoms with Gasteiger partial charge in [-0.1, -0.05) is 6.07 Å². The van der Waals surface area contributed by atoms with Gasteiger partial charge in [-0.15, -0.1) is 11.3 Å². The molecule has 1 N–H and O–H groups in total. The van der Waals surface area contributed by atoms with E-state index >= 15 is 0 Å². The number of ether oxygens (including phenoxy) is 2. The van der Waals surface area contributed by atoms with E-state index < -0.39 is 0 Å². The van der Waals surface area contributed by atoms with Crippen LogP contribution >= 0.6 is 11.3 Å². The Labute approximate surface area is 151 Å². The van der Waals surface area contributed by atoms with Crippen molar-refractivity contribution in [1.29, 1.82) is 5.26 Å². The summed E-state index contributed by atoms with van der Waals surface area (Å²) >= 11 is 1.35. The largest absolute Gasteiger partial charge is 0.493 e. The van der Waals surface area contributed by atoms with Crippen LogP contribution in [0.5, 0.6) is 11.5 Å². The van der Waals surface area contributed by atoms with Gasteiger partial charge in [-0.3, -0.25) is 4.79 Å². The van der Waals surface area contributed by atoms with E-state index in [1.165, 1.54) is 11.3 Å². The summed E-state index contributed by atoms with van der Waals surface area (Å²) in [6.07, 6.45) is 0.354. The van der Waals surface area contributed by atoms with Gasteiger partial charge in [-0.25, -0.2) is 0 Å². The van der Waals surface area contributed by atoms with E-state index in [2.05, 4.69) is 16.3 Å². The van der Waals surface area contributed by atoms with Gasteiger partial charge in [0.05, 0.1) is 19.8 Å². The highest BCUT2D eigenvalue weighted by atomic mass is 32.1. The smallest absolute Gasteiger partial charge is 0.226 e. The van der Waals surface area contributed by atoms with E-state index in [1.54, 1.807) is 25.7 Å². The second-order valence-corrected chi connectivity index (χ2v) is 6.42. The van der Waals surface area contributed by atoms with Crippen LogP contribution in [0, 0.1) is 11.3 Å². The fraction of sp³-hybridized carbons (Fsp3) is 0.333. The van der Waals surface area contributed by atoms with Crippen molar-refractivity contribution in [2.24, 2.45) is 0 Å². The number of anilines is 1. The fourth-order valence-electron chi connectivity index (χ4n) is 2.35. The standard InChI is InChI=1S/C18H21N3O3S/c1-21(12-13-4-5-15(23-2)16(10-13)24-3)8-6-17(22)20-18-14(11-19)7-9-25-18/h4-5,7,9-10H,6,8,12H2,1-3H3,(H,20,22). The van der Waals surface area contributed by atoms with Crippen molar-refractivity contribution in [2.75, 3.05) is 33.1 Å². The van der Waals surface area contributed by atoms with Crippen LogP contribution < -0.4 is 14.8 Å². The summed E-state index contributed by atoms with van der Waals surface area (Å²) in [5, 5.41) is 14.1. The number of thiophene rings is 1. The molecule has 0 saturated heterocycles. The van der Waals surface area contributed by atoms with E-state index in [0.29, 0.717) is 41.6 Å². The van der Waals surface area contributed by atoms with Gasteiger partial charge in [0.2, 0.25) is 5.91 Å². The second kappa shape index (κ2) is 9.06. The van der Waals surface area contributed by atoms with Gasteiger partial charge in [-0.2, -0.15) is 5.26 Å². The highest BCUT2D eigenvalue weighted by Gasteiger charge is 2.11. The first-order valence-electron chi connectivity index (χ1n) is 7.74. The number of carbonyl (C=O) groups excluding carboxylic acids is 1. The molecule has 0 atom stereocenters. The monoisotopic (exact) mass is 359 g/mol. The molecule has 132 valence electrons. The average Bonchev–Trinajstić information content (AvgIpc) is 3.06. The first kappa shape index (κ1) is 18.8. The first-order chi connectivity index (χ1) is 12.1. The Morgan fingerprint density at radius 3 is 2.72 bits per heavy atom. The number of methoxy groups -OCH3 is 2. The van der Waals surface area contributed by atoms with Crippen molar-refractivity contribution in [1.82, 2.24) is 4.90 Å². The van der Waals surface area contributed by atoms with E-state index in [4.69, 9.17) is 14.7 Å². The molecule has 1 aromatic heterocycles. The number of nitriles is 1. The molecule has 25 heavy (non-hydrogen) atoms. The van der Waals surface area contributed by atoms with Gasteiger partial charge in [0.25, 0.3) is 0 Å². The maximum atomic E-state index is 12.0. The van der Waals surface area contributed by atoms with E-state index in [1.807, 2.05) is 25.2 Å². The number of benzene rings is 1. The van der Waals surface area contributed by atoms with E-state index in [9.17, 15) is 4.79 Å². The van der Waals surface area contributed by atoms with Gasteiger partial charge in [-0.05, 0) is 36.2 Å². The van der Waals surface area contributed by atoms with Crippen LogP contribution in [0.1, 0.15) is 17.5 Å². The number of hydrogen-bond donors (Lipinski definition) is 1. The molecule has 0 unspecified atom stereocenters. The number of rotatable bonds is 8. The molecule has 0 radical (unpaired) electrons. The molecule has 2 rings (SSSR count). The molecular formula is C18H21N3O3S. The minimum absolute atomic E-state index is 0.0990. The molecule has 0 spiro atoms. The Kier molecular flexibility index (Phi) is 6.81. The zero-order valence-corrected chi connectivity index (χ0v) is 15.4. The Morgan fingerprint density at radius 1 is 1.28 bits per heavy atom. The lowest BCUT2D eigenvalue weighted by molar-refractivity contribution is -0.116. The lowest BCUT2D eigenvalue weighted by Crippen LogP contribution is -2.24. The Bertz CT molecular complexity index is 767. The van der Waals surface area contributed by atoms with Gasteiger partial charge in [0, 0.05) is 19.5 Å². The van der Waals surface area contributed by atoms with Crippen LogP contribution in [0.2, 0.25) is 0 Å². The van der Waals surface area contributed by atoms with Gasteiger partial charge >= 0.3 is 0 Å². The predicted molar refractivity (Wildman–Crippen MR) is 98.2 cm³/mol. The van der Waals surface area contributed by atoms with E-state index in [-0.39, 0.29) is 5.91 Å². The third kappa shape index (κ3) is 5.21. The van der Waals surface area contributed by atoms with Crippen molar-refractivity contribution in [2.45, 2.75) is 13.0 Å². The quantitative estimate of drug-likeness (QED) is 0.784. The van der Waals surface area contributed by atoms with Crippen LogP contribution in [0.4, 0.5) is 5.00 Å². The maximum absolute atomic E-state index is 12.0. The molecule has 0 aliphatic carbocycles. The van der Waals surface area contributed by atoms with Crippen molar-refractivity contribution < 1.29 is 14.3 Å². The summed E-state index contributed by atoms with van der Waals surface area (Å²) in [4.78, 5) is 14.1. The molecule has 0 fully saturated rings. The molecule has 0 bridgehead atoms. The summed E-state index contributed by atoms with van der Waals surface area (Å²) in [6.45, 7) is 1.30. The number of hydrogen-bond acceptors (Lipinski definition) is 6. The Morgan fingerprint density at radius 2 is 2.04 bits per heavy atom. The summed E-state index contributed by atoms with van der Waals surface area (Å²) in [5.74, 6) is 1.28. The van der Waals surface area contributed by atoms with Crippen LogP contribution in [0.15, 0.2) is 29.6 Å². The summed E-state index contributed by atoms with van der Waals surface area (Å²) in [7, 11) is 5.17. The topological polar surface area (TPSA) is 74.6 Å². The number of amides is 1. The molecular weight excluding hydrogens is 338 g/mol. The van der Waals surface area contributed by atoms with Crippen molar-refractivity contribution in [3.63, 3.8) is 0 Å². The molecule has 7 heteroatoms. The van der Waals surface area contributed by atoms with E-state index in [0.717, 1.165) is 5.56 Å². The second-order valence-electron chi connectivity index (χ2n) is 5.50. The zero-order valence-electron chi connectivity index (χ0n) is 14.5. The molecule has 1 amide bonds. The van der Waals surface area contributed by atoms with Crippen LogP contribution in [0.25, 0.3) is 0 Å². The molecule has 2 aromatic rings. The van der Waals surface area contributed by atoms with Crippen LogP contribution in [-0.4, -0.2) is 38.6 Å². The van der Waals surface area contributed by atoms with Gasteiger partial charge in [0.15, 0.2) is 11.5 Å². The maximum Gasteiger partial charge on any atom is 0.226 e. The molecule has 0 aliphatic rings. The lowest BCUT2D eigenvalue weighted by Gasteiger charge is -2.17. The lowest BCUT2D eigenvalue weighted by atomic mass is 10.2. The average molecular weight is 359 g/mol. The number of nitrogens with zero attached hydrogens (tertiary/aromatic N) is 2. The summed E-state index contributed by atoms with van der Waals surface area (Å²) in [5.41, 5.74) is 1.57. The first-order valence-corrected chi connectivity index (χ1v) is 8.62. The van der Waals surface area contributed by atoms with Crippen LogP contribution in [-0.2, 0) is 11.3 Å². The molecule has 6 nitrogen and oxygen atoms in total. The van der Waals surface area contributed by atoms with Crippen molar-refractivity contribution >= 4 is 22.2 Å². The van der Waals surface area contributed by atoms with Gasteiger partial charge in [0.1, 0.15) is 11.1 Å². The Hall–Kier alpha value is -2.56. The highest BCUT2D eigenvalue weighted by molar-refractivity contribution is 7.14. The van der Waals surface area contributed by atoms with Gasteiger partial charge < -0.3 is 19.7 Å². The fourth-order valence-corrected chi connectivity index (χ4v) is 3.10. The zero-order chi connectivity index (χ0) is 18.2. The Balaban J connectivity index is 1.85. The highest BCUT2D eigenvalue weighted by Crippen LogP contribution is 2.28. The minimum atomic E-state index is -0.0990.